The third-order valence-corrected chi connectivity index (χ3v) is 1.71. The van der Waals surface area contributed by atoms with Gasteiger partial charge in [-0.15, -0.1) is 0 Å². The molecule has 2 nitrogen and oxygen atoms in total. The number of nitrogens with zero attached hydrogens (tertiary/aromatic N) is 2. The molecule has 2 rings (SSSR count). The lowest BCUT2D eigenvalue weighted by Gasteiger charge is -1.98. The van der Waals surface area contributed by atoms with Gasteiger partial charge in [-0.1, -0.05) is 0 Å². The van der Waals surface area contributed by atoms with Gasteiger partial charge >= 0.3 is 6.18 Å². The van der Waals surface area contributed by atoms with Crippen LogP contribution in [0.25, 0.3) is 5.65 Å². The third kappa shape index (κ3) is 1.43. The van der Waals surface area contributed by atoms with Crippen LogP contribution in [0.2, 0.25) is 0 Å². The van der Waals surface area contributed by atoms with Crippen LogP contribution in [0.4, 0.5) is 17.6 Å². The maximum absolute atomic E-state index is 12.6. The number of rotatable bonds is 0. The van der Waals surface area contributed by atoms with Gasteiger partial charge in [0.25, 0.3) is 0 Å². The molecule has 2 heterocycles. The first-order chi connectivity index (χ1) is 6.47. The van der Waals surface area contributed by atoms with Crippen LogP contribution in [0.5, 0.6) is 0 Å². The monoisotopic (exact) mass is 204 g/mol. The molecule has 0 N–H and O–H groups in total. The topological polar surface area (TPSA) is 17.3 Å². The number of imidazole rings is 1. The van der Waals surface area contributed by atoms with E-state index in [2.05, 4.69) is 4.98 Å². The zero-order valence-corrected chi connectivity index (χ0v) is 6.72. The van der Waals surface area contributed by atoms with Crippen LogP contribution in [-0.2, 0) is 6.18 Å². The molecular weight excluding hydrogens is 200 g/mol. The molecule has 0 radical (unpaired) electrons. The number of hydrogen-bond acceptors (Lipinski definition) is 1. The Balaban J connectivity index is 2.63. The van der Waals surface area contributed by atoms with Crippen LogP contribution in [0, 0.1) is 5.82 Å². The molecule has 2 aromatic heterocycles. The number of fused-ring (bicyclic) bond motifs is 1. The summed E-state index contributed by atoms with van der Waals surface area (Å²) in [6.07, 6.45) is -2.81. The Hall–Kier alpha value is -1.59. The molecule has 0 aliphatic carbocycles. The van der Waals surface area contributed by atoms with Gasteiger partial charge in [-0.25, -0.2) is 9.37 Å². The Bertz CT molecular complexity index is 472. The Morgan fingerprint density at radius 2 is 1.86 bits per heavy atom. The molecule has 0 atom stereocenters. The lowest BCUT2D eigenvalue weighted by atomic mass is 10.5. The second-order valence-corrected chi connectivity index (χ2v) is 2.74. The van der Waals surface area contributed by atoms with Gasteiger partial charge in [-0.2, -0.15) is 13.2 Å². The quantitative estimate of drug-likeness (QED) is 0.602. The van der Waals surface area contributed by atoms with E-state index in [0.717, 1.165) is 22.9 Å². The van der Waals surface area contributed by atoms with Crippen molar-refractivity contribution in [2.75, 3.05) is 0 Å². The van der Waals surface area contributed by atoms with E-state index < -0.39 is 17.7 Å². The number of pyridine rings is 1. The van der Waals surface area contributed by atoms with Gasteiger partial charge < -0.3 is 4.40 Å². The van der Waals surface area contributed by atoms with E-state index in [1.807, 2.05) is 0 Å². The zero-order valence-electron chi connectivity index (χ0n) is 6.72. The van der Waals surface area contributed by atoms with E-state index >= 15 is 0 Å². The molecule has 0 saturated carbocycles. The van der Waals surface area contributed by atoms with Crippen molar-refractivity contribution < 1.29 is 17.6 Å². The number of hydrogen-bond donors (Lipinski definition) is 0. The van der Waals surface area contributed by atoms with E-state index in [1.165, 1.54) is 6.07 Å². The minimum Gasteiger partial charge on any atom is -0.304 e. The molecule has 0 fully saturated rings. The number of halogens is 4. The molecule has 0 aromatic carbocycles. The first kappa shape index (κ1) is 8.98. The Morgan fingerprint density at radius 3 is 2.50 bits per heavy atom. The molecule has 0 unspecified atom stereocenters. The smallest absolute Gasteiger partial charge is 0.304 e. The predicted molar refractivity (Wildman–Crippen MR) is 40.2 cm³/mol. The van der Waals surface area contributed by atoms with Crippen molar-refractivity contribution in [3.63, 3.8) is 0 Å². The first-order valence-corrected chi connectivity index (χ1v) is 3.68. The van der Waals surface area contributed by atoms with E-state index in [9.17, 15) is 17.6 Å². The molecule has 14 heavy (non-hydrogen) atoms. The van der Waals surface area contributed by atoms with Crippen LogP contribution < -0.4 is 0 Å². The Labute approximate surface area is 75.8 Å². The largest absolute Gasteiger partial charge is 0.434 e. The van der Waals surface area contributed by atoms with Gasteiger partial charge in [0.05, 0.1) is 0 Å². The highest BCUT2D eigenvalue weighted by atomic mass is 19.4. The molecule has 2 aromatic rings. The van der Waals surface area contributed by atoms with Crippen molar-refractivity contribution in [2.24, 2.45) is 0 Å². The SMILES string of the molecule is Fc1ccc2nc(C(F)(F)F)cn2c1. The lowest BCUT2D eigenvalue weighted by molar-refractivity contribution is -0.140. The van der Waals surface area contributed by atoms with Crippen LogP contribution in [0.15, 0.2) is 24.5 Å². The predicted octanol–water partition coefficient (Wildman–Crippen LogP) is 2.49. The summed E-state index contributed by atoms with van der Waals surface area (Å²) in [5, 5.41) is 0. The van der Waals surface area contributed by atoms with E-state index in [4.69, 9.17) is 0 Å². The second kappa shape index (κ2) is 2.70. The fourth-order valence-corrected chi connectivity index (χ4v) is 1.10. The lowest BCUT2D eigenvalue weighted by Crippen LogP contribution is -2.04. The van der Waals surface area contributed by atoms with Crippen LogP contribution in [0.3, 0.4) is 0 Å². The van der Waals surface area contributed by atoms with Crippen molar-refractivity contribution in [3.05, 3.63) is 36.0 Å². The summed E-state index contributed by atoms with van der Waals surface area (Å²) in [5.41, 5.74) is -0.957. The highest BCUT2D eigenvalue weighted by molar-refractivity contribution is 5.40. The van der Waals surface area contributed by atoms with Crippen LogP contribution >= 0.6 is 0 Å². The molecule has 0 bridgehead atoms. The average molecular weight is 204 g/mol. The standard InChI is InChI=1S/C8H4F4N2/c9-5-1-2-7-13-6(8(10,11)12)4-14(7)3-5/h1-4H. The summed E-state index contributed by atoms with van der Waals surface area (Å²) in [5.74, 6) is -0.608. The Kier molecular flexibility index (Phi) is 1.73. The maximum Gasteiger partial charge on any atom is 0.434 e. The summed E-state index contributed by atoms with van der Waals surface area (Å²) in [6.45, 7) is 0. The number of alkyl halides is 3. The van der Waals surface area contributed by atoms with Crippen molar-refractivity contribution >= 4 is 5.65 Å². The molecule has 0 saturated heterocycles. The van der Waals surface area contributed by atoms with Gasteiger partial charge in [0.15, 0.2) is 5.69 Å². The number of aromatic nitrogens is 2. The molecular formula is C8H4F4N2. The molecule has 74 valence electrons. The van der Waals surface area contributed by atoms with E-state index in [1.54, 1.807) is 0 Å². The summed E-state index contributed by atoms with van der Waals surface area (Å²) < 4.78 is 50.1. The van der Waals surface area contributed by atoms with Gasteiger partial charge in [0, 0.05) is 12.4 Å². The first-order valence-electron chi connectivity index (χ1n) is 3.68. The Morgan fingerprint density at radius 1 is 1.14 bits per heavy atom. The highest BCUT2D eigenvalue weighted by Gasteiger charge is 2.33. The van der Waals surface area contributed by atoms with Gasteiger partial charge in [0.1, 0.15) is 11.5 Å². The second-order valence-electron chi connectivity index (χ2n) is 2.74. The third-order valence-electron chi connectivity index (χ3n) is 1.71. The minimum absolute atomic E-state index is 0.0683. The van der Waals surface area contributed by atoms with E-state index in [0.29, 0.717) is 0 Å². The highest BCUT2D eigenvalue weighted by Crippen LogP contribution is 2.28. The summed E-state index contributed by atoms with van der Waals surface area (Å²) in [4.78, 5) is 3.30. The molecule has 0 spiro atoms. The zero-order chi connectivity index (χ0) is 10.3. The van der Waals surface area contributed by atoms with Gasteiger partial charge in [-0.05, 0) is 12.1 Å². The van der Waals surface area contributed by atoms with Gasteiger partial charge in [0.2, 0.25) is 0 Å². The van der Waals surface area contributed by atoms with Crippen LogP contribution in [-0.4, -0.2) is 9.38 Å². The van der Waals surface area contributed by atoms with Crippen LogP contribution in [0.1, 0.15) is 5.69 Å². The molecule has 0 aliphatic rings. The summed E-state index contributed by atoms with van der Waals surface area (Å²) >= 11 is 0. The molecule has 6 heteroatoms. The molecule has 0 amide bonds. The minimum atomic E-state index is -4.50. The maximum atomic E-state index is 12.6. The van der Waals surface area contributed by atoms with Gasteiger partial charge in [-0.3, -0.25) is 0 Å². The fraction of sp³-hybridized carbons (Fsp3) is 0.125. The summed E-state index contributed by atoms with van der Waals surface area (Å²) in [6, 6.07) is 2.24. The van der Waals surface area contributed by atoms with Crippen molar-refractivity contribution in [1.29, 1.82) is 0 Å². The average Bonchev–Trinajstić information content (AvgIpc) is 2.45. The van der Waals surface area contributed by atoms with Crippen molar-refractivity contribution in [1.82, 2.24) is 9.38 Å². The fourth-order valence-electron chi connectivity index (χ4n) is 1.10. The van der Waals surface area contributed by atoms with Crippen molar-refractivity contribution in [3.8, 4) is 0 Å². The summed E-state index contributed by atoms with van der Waals surface area (Å²) in [7, 11) is 0. The normalized spacial score (nSPS) is 12.3. The molecule has 0 aliphatic heterocycles. The van der Waals surface area contributed by atoms with E-state index in [-0.39, 0.29) is 5.65 Å². The van der Waals surface area contributed by atoms with Crippen molar-refractivity contribution in [2.45, 2.75) is 6.18 Å².